The van der Waals surface area contributed by atoms with Gasteiger partial charge in [0.2, 0.25) is 0 Å². The molecule has 0 bridgehead atoms. The van der Waals surface area contributed by atoms with Gasteiger partial charge in [0.15, 0.2) is 0 Å². The number of halogens is 1. The molecule has 1 fully saturated rings. The van der Waals surface area contributed by atoms with E-state index in [9.17, 15) is 5.11 Å². The van der Waals surface area contributed by atoms with Gasteiger partial charge in [0.1, 0.15) is 5.75 Å². The highest BCUT2D eigenvalue weighted by Crippen LogP contribution is 2.30. The maximum Gasteiger partial charge on any atom is 0.123 e. The lowest BCUT2D eigenvalue weighted by molar-refractivity contribution is 0.0650. The van der Waals surface area contributed by atoms with Gasteiger partial charge < -0.3 is 15.2 Å². The average Bonchev–Trinajstić information content (AvgIpc) is 2.83. The molecule has 1 heterocycles. The van der Waals surface area contributed by atoms with Crippen molar-refractivity contribution in [1.29, 1.82) is 0 Å². The number of rotatable bonds is 5. The molecule has 2 rings (SSSR count). The third-order valence-electron chi connectivity index (χ3n) is 3.48. The molecule has 19 heavy (non-hydrogen) atoms. The molecule has 0 radical (unpaired) electrons. The Morgan fingerprint density at radius 2 is 2.37 bits per heavy atom. The van der Waals surface area contributed by atoms with E-state index in [0.717, 1.165) is 29.2 Å². The Labute approximate surface area is 123 Å². The van der Waals surface area contributed by atoms with Crippen molar-refractivity contribution in [2.24, 2.45) is 0 Å². The van der Waals surface area contributed by atoms with Crippen molar-refractivity contribution in [3.05, 3.63) is 28.8 Å². The molecule has 1 aromatic rings. The molecule has 0 spiro atoms. The lowest BCUT2D eigenvalue weighted by atomic mass is 10.0. The number of methoxy groups -OCH3 is 1. The zero-order valence-electron chi connectivity index (χ0n) is 11.3. The van der Waals surface area contributed by atoms with Crippen LogP contribution in [-0.2, 0) is 0 Å². The van der Waals surface area contributed by atoms with Gasteiger partial charge in [-0.2, -0.15) is 11.8 Å². The van der Waals surface area contributed by atoms with Crippen molar-refractivity contribution in [3.8, 4) is 5.75 Å². The molecule has 2 atom stereocenters. The summed E-state index contributed by atoms with van der Waals surface area (Å²) in [6, 6.07) is 5.68. The molecule has 5 heteroatoms. The molecule has 3 nitrogen and oxygen atoms in total. The Balaban J connectivity index is 2.03. The van der Waals surface area contributed by atoms with Crippen LogP contribution >= 0.6 is 23.4 Å². The van der Waals surface area contributed by atoms with Gasteiger partial charge >= 0.3 is 0 Å². The van der Waals surface area contributed by atoms with Crippen molar-refractivity contribution in [2.45, 2.75) is 25.0 Å². The molecule has 1 aliphatic heterocycles. The zero-order chi connectivity index (χ0) is 13.9. The van der Waals surface area contributed by atoms with Gasteiger partial charge in [-0.05, 0) is 37.3 Å². The molecule has 0 aliphatic carbocycles. The summed E-state index contributed by atoms with van der Waals surface area (Å²) in [5.41, 5.74) is 0.439. The fraction of sp³-hybridized carbons (Fsp3) is 0.571. The van der Waals surface area contributed by atoms with E-state index in [1.54, 1.807) is 18.9 Å². The number of benzene rings is 1. The topological polar surface area (TPSA) is 41.5 Å². The Morgan fingerprint density at radius 3 is 3.00 bits per heavy atom. The molecular formula is C14H20ClNO2S. The smallest absolute Gasteiger partial charge is 0.123 e. The molecule has 2 N–H and O–H groups in total. The maximum atomic E-state index is 10.3. The predicted molar refractivity (Wildman–Crippen MR) is 81.3 cm³/mol. The van der Waals surface area contributed by atoms with E-state index in [2.05, 4.69) is 12.2 Å². The first kappa shape index (κ1) is 15.0. The van der Waals surface area contributed by atoms with E-state index in [0.29, 0.717) is 11.6 Å². The zero-order valence-corrected chi connectivity index (χ0v) is 12.9. The first-order valence-electron chi connectivity index (χ1n) is 6.41. The van der Waals surface area contributed by atoms with Crippen LogP contribution in [0.2, 0.25) is 5.02 Å². The van der Waals surface area contributed by atoms with Crippen LogP contribution in [0, 0.1) is 0 Å². The second-order valence-corrected chi connectivity index (χ2v) is 6.56. The van der Waals surface area contributed by atoms with Gasteiger partial charge in [-0.1, -0.05) is 11.6 Å². The molecule has 0 amide bonds. The highest BCUT2D eigenvalue weighted by atomic mass is 35.5. The second-order valence-electron chi connectivity index (χ2n) is 5.02. The summed E-state index contributed by atoms with van der Waals surface area (Å²) in [6.07, 6.45) is 0.851. The molecule has 0 aromatic heterocycles. The van der Waals surface area contributed by atoms with Crippen LogP contribution in [-0.4, -0.2) is 35.9 Å². The molecule has 106 valence electrons. The van der Waals surface area contributed by atoms with E-state index in [1.807, 2.05) is 18.2 Å². The minimum atomic E-state index is -0.579. The summed E-state index contributed by atoms with van der Waals surface area (Å²) in [5.74, 6) is 2.66. The van der Waals surface area contributed by atoms with E-state index >= 15 is 0 Å². The Morgan fingerprint density at radius 1 is 1.58 bits per heavy atom. The van der Waals surface area contributed by atoms with E-state index in [4.69, 9.17) is 16.3 Å². The van der Waals surface area contributed by atoms with E-state index < -0.39 is 5.60 Å². The van der Waals surface area contributed by atoms with Gasteiger partial charge in [0, 0.05) is 28.9 Å². The van der Waals surface area contributed by atoms with Gasteiger partial charge in [-0.3, -0.25) is 0 Å². The van der Waals surface area contributed by atoms with E-state index in [-0.39, 0.29) is 6.04 Å². The van der Waals surface area contributed by atoms with Crippen LogP contribution in [0.25, 0.3) is 0 Å². The quantitative estimate of drug-likeness (QED) is 0.877. The minimum Gasteiger partial charge on any atom is -0.496 e. The van der Waals surface area contributed by atoms with E-state index in [1.165, 1.54) is 0 Å². The van der Waals surface area contributed by atoms with Crippen LogP contribution in [0.3, 0.4) is 0 Å². The number of ether oxygens (including phenoxy) is 1. The number of aliphatic hydroxyl groups is 1. The van der Waals surface area contributed by atoms with Gasteiger partial charge in [0.05, 0.1) is 12.7 Å². The summed E-state index contributed by atoms with van der Waals surface area (Å²) < 4.78 is 5.35. The fourth-order valence-electron chi connectivity index (χ4n) is 2.23. The van der Waals surface area contributed by atoms with Gasteiger partial charge in [-0.25, -0.2) is 0 Å². The van der Waals surface area contributed by atoms with Crippen molar-refractivity contribution < 1.29 is 9.84 Å². The van der Waals surface area contributed by atoms with Crippen LogP contribution in [0.1, 0.15) is 24.9 Å². The van der Waals surface area contributed by atoms with Gasteiger partial charge in [0.25, 0.3) is 0 Å². The monoisotopic (exact) mass is 301 g/mol. The Bertz CT molecular complexity index is 435. The molecule has 0 saturated carbocycles. The third kappa shape index (κ3) is 3.78. The first-order chi connectivity index (χ1) is 9.04. The van der Waals surface area contributed by atoms with Crippen molar-refractivity contribution in [2.75, 3.05) is 25.2 Å². The largest absolute Gasteiger partial charge is 0.496 e. The Hall–Kier alpha value is -0.420. The summed E-state index contributed by atoms with van der Waals surface area (Å²) in [7, 11) is 1.65. The highest BCUT2D eigenvalue weighted by molar-refractivity contribution is 7.99. The standard InChI is InChI=1S/C14H20ClNO2S/c1-10(16-8-14(17)5-6-19-9-14)12-7-11(15)3-4-13(12)18-2/h3-4,7,10,16-17H,5-6,8-9H2,1-2H3/t10-,14+/m0/s1. The van der Waals surface area contributed by atoms with Crippen LogP contribution in [0.5, 0.6) is 5.75 Å². The van der Waals surface area contributed by atoms with Gasteiger partial charge in [-0.15, -0.1) is 0 Å². The van der Waals surface area contributed by atoms with Crippen LogP contribution < -0.4 is 10.1 Å². The fourth-order valence-corrected chi connectivity index (χ4v) is 3.71. The molecule has 1 saturated heterocycles. The highest BCUT2D eigenvalue weighted by Gasteiger charge is 2.31. The number of hydrogen-bond acceptors (Lipinski definition) is 4. The summed E-state index contributed by atoms with van der Waals surface area (Å²) in [5, 5.41) is 14.4. The normalized spacial score (nSPS) is 24.4. The minimum absolute atomic E-state index is 0.0864. The summed E-state index contributed by atoms with van der Waals surface area (Å²) >= 11 is 7.84. The first-order valence-corrected chi connectivity index (χ1v) is 7.94. The van der Waals surface area contributed by atoms with Crippen LogP contribution in [0.4, 0.5) is 0 Å². The molecule has 1 aliphatic rings. The van der Waals surface area contributed by atoms with Crippen molar-refractivity contribution in [3.63, 3.8) is 0 Å². The summed E-state index contributed by atoms with van der Waals surface area (Å²) in [6.45, 7) is 2.65. The van der Waals surface area contributed by atoms with Crippen LogP contribution in [0.15, 0.2) is 18.2 Å². The SMILES string of the molecule is COc1ccc(Cl)cc1[C@H](C)NC[C@]1(O)CCSC1. The molecular weight excluding hydrogens is 282 g/mol. The lowest BCUT2D eigenvalue weighted by Crippen LogP contribution is -2.41. The Kier molecular flexibility index (Phi) is 5.01. The lowest BCUT2D eigenvalue weighted by Gasteiger charge is -2.25. The predicted octanol–water partition coefficient (Wildman–Crippen LogP) is 2.87. The van der Waals surface area contributed by atoms with Crippen molar-refractivity contribution >= 4 is 23.4 Å². The third-order valence-corrected chi connectivity index (χ3v) is 4.95. The number of hydrogen-bond donors (Lipinski definition) is 2. The molecule has 1 aromatic carbocycles. The van der Waals surface area contributed by atoms with Crippen molar-refractivity contribution in [1.82, 2.24) is 5.32 Å². The second kappa shape index (κ2) is 6.35. The number of nitrogens with one attached hydrogen (secondary N) is 1. The maximum absolute atomic E-state index is 10.3. The number of thioether (sulfide) groups is 1. The summed E-state index contributed by atoms with van der Waals surface area (Å²) in [4.78, 5) is 0. The molecule has 0 unspecified atom stereocenters. The average molecular weight is 302 g/mol.